The minimum Gasteiger partial charge on any atom is -0.480 e. The number of nitrogens with zero attached hydrogens (tertiary/aromatic N) is 2. The van der Waals surface area contributed by atoms with Gasteiger partial charge in [0, 0.05) is 12.6 Å². The Balaban J connectivity index is 2.60. The van der Waals surface area contributed by atoms with Crippen molar-refractivity contribution in [3.8, 4) is 0 Å². The Morgan fingerprint density at radius 2 is 1.88 bits per heavy atom. The second-order valence-electron chi connectivity index (χ2n) is 3.83. The van der Waals surface area contributed by atoms with Gasteiger partial charge < -0.3 is 15.1 Å². The van der Waals surface area contributed by atoms with Crippen LogP contribution in [0.1, 0.15) is 6.92 Å². The number of carboxylic acids is 2. The quantitative estimate of drug-likeness (QED) is 0.622. The van der Waals surface area contributed by atoms with Crippen LogP contribution in [0, 0.1) is 0 Å². The molecule has 1 atom stereocenters. The Labute approximate surface area is 92.2 Å². The van der Waals surface area contributed by atoms with Gasteiger partial charge in [-0.3, -0.25) is 19.3 Å². The largest absolute Gasteiger partial charge is 0.480 e. The van der Waals surface area contributed by atoms with Gasteiger partial charge in [0.15, 0.2) is 0 Å². The lowest BCUT2D eigenvalue weighted by Crippen LogP contribution is -2.57. The van der Waals surface area contributed by atoms with E-state index >= 15 is 0 Å². The summed E-state index contributed by atoms with van der Waals surface area (Å²) in [5.41, 5.74) is 0. The van der Waals surface area contributed by atoms with Gasteiger partial charge in [0.2, 0.25) is 5.91 Å². The minimum absolute atomic E-state index is 0.0378. The molecule has 0 unspecified atom stereocenters. The molecule has 7 heteroatoms. The Morgan fingerprint density at radius 1 is 1.31 bits per heavy atom. The highest BCUT2D eigenvalue weighted by Gasteiger charge is 2.31. The zero-order valence-corrected chi connectivity index (χ0v) is 8.92. The molecule has 0 spiro atoms. The highest BCUT2D eigenvalue weighted by Crippen LogP contribution is 2.10. The molecular weight excluding hydrogens is 216 g/mol. The third-order valence-electron chi connectivity index (χ3n) is 2.40. The van der Waals surface area contributed by atoms with Crippen LogP contribution in [0.5, 0.6) is 0 Å². The molecule has 2 N–H and O–H groups in total. The molecule has 16 heavy (non-hydrogen) atoms. The van der Waals surface area contributed by atoms with Gasteiger partial charge >= 0.3 is 11.9 Å². The topological polar surface area (TPSA) is 98.2 Å². The molecule has 0 saturated carbocycles. The molecule has 1 amide bonds. The number of carboxylic acid groups (broad SMARTS) is 2. The predicted octanol–water partition coefficient (Wildman–Crippen LogP) is -1.31. The number of rotatable bonds is 4. The Bertz CT molecular complexity index is 317. The standard InChI is InChI=1S/C9H14N2O5/c1-6-2-10(4-8(13)14)3-7(12)11(6)5-9(15)16/h6H,2-5H2,1H3,(H,13,14)(H,15,16)/t6-/m0/s1. The third-order valence-corrected chi connectivity index (χ3v) is 2.40. The first-order valence-corrected chi connectivity index (χ1v) is 4.85. The molecule has 0 bridgehead atoms. The van der Waals surface area contributed by atoms with Crippen LogP contribution in [0.2, 0.25) is 0 Å². The van der Waals surface area contributed by atoms with E-state index in [1.54, 1.807) is 6.92 Å². The summed E-state index contributed by atoms with van der Waals surface area (Å²) in [6, 6.07) is -0.281. The van der Waals surface area contributed by atoms with Crippen molar-refractivity contribution in [2.24, 2.45) is 0 Å². The SMILES string of the molecule is C[C@H]1CN(CC(=O)O)CC(=O)N1CC(=O)O. The molecule has 90 valence electrons. The summed E-state index contributed by atoms with van der Waals surface area (Å²) in [5, 5.41) is 17.2. The highest BCUT2D eigenvalue weighted by atomic mass is 16.4. The number of carbonyl (C=O) groups excluding carboxylic acids is 1. The molecule has 0 aromatic rings. The van der Waals surface area contributed by atoms with Crippen molar-refractivity contribution in [1.29, 1.82) is 0 Å². The molecule has 1 rings (SSSR count). The van der Waals surface area contributed by atoms with E-state index in [0.29, 0.717) is 6.54 Å². The maximum Gasteiger partial charge on any atom is 0.323 e. The van der Waals surface area contributed by atoms with E-state index in [9.17, 15) is 14.4 Å². The highest BCUT2D eigenvalue weighted by molar-refractivity contribution is 5.84. The monoisotopic (exact) mass is 230 g/mol. The molecule has 7 nitrogen and oxygen atoms in total. The molecule has 1 saturated heterocycles. The Morgan fingerprint density at radius 3 is 2.31 bits per heavy atom. The number of hydrogen-bond acceptors (Lipinski definition) is 4. The normalized spacial score (nSPS) is 22.2. The van der Waals surface area contributed by atoms with Gasteiger partial charge in [0.05, 0.1) is 13.1 Å². The van der Waals surface area contributed by atoms with Crippen molar-refractivity contribution in [2.75, 3.05) is 26.2 Å². The van der Waals surface area contributed by atoms with E-state index in [1.165, 1.54) is 9.80 Å². The molecule has 1 aliphatic rings. The van der Waals surface area contributed by atoms with Crippen LogP contribution in [-0.4, -0.2) is 70.1 Å². The van der Waals surface area contributed by atoms with Crippen molar-refractivity contribution < 1.29 is 24.6 Å². The molecule has 1 fully saturated rings. The van der Waals surface area contributed by atoms with Gasteiger partial charge in [-0.05, 0) is 6.92 Å². The molecule has 0 radical (unpaired) electrons. The second-order valence-corrected chi connectivity index (χ2v) is 3.83. The smallest absolute Gasteiger partial charge is 0.323 e. The number of amides is 1. The summed E-state index contributed by atoms with van der Waals surface area (Å²) in [6.07, 6.45) is 0. The average Bonchev–Trinajstić information content (AvgIpc) is 2.10. The first kappa shape index (κ1) is 12.4. The van der Waals surface area contributed by atoms with E-state index in [-0.39, 0.29) is 31.6 Å². The average molecular weight is 230 g/mol. The van der Waals surface area contributed by atoms with Crippen molar-refractivity contribution in [3.63, 3.8) is 0 Å². The second kappa shape index (κ2) is 4.93. The fourth-order valence-corrected chi connectivity index (χ4v) is 1.77. The van der Waals surface area contributed by atoms with E-state index in [2.05, 4.69) is 0 Å². The van der Waals surface area contributed by atoms with Gasteiger partial charge in [-0.1, -0.05) is 0 Å². The molecule has 1 aliphatic heterocycles. The minimum atomic E-state index is -1.06. The van der Waals surface area contributed by atoms with Crippen molar-refractivity contribution >= 4 is 17.8 Å². The lowest BCUT2D eigenvalue weighted by Gasteiger charge is -2.37. The van der Waals surface area contributed by atoms with Crippen LogP contribution >= 0.6 is 0 Å². The van der Waals surface area contributed by atoms with Gasteiger partial charge in [-0.15, -0.1) is 0 Å². The number of aliphatic carboxylic acids is 2. The fourth-order valence-electron chi connectivity index (χ4n) is 1.77. The van der Waals surface area contributed by atoms with Crippen LogP contribution in [0.4, 0.5) is 0 Å². The number of piperazine rings is 1. The van der Waals surface area contributed by atoms with E-state index in [0.717, 1.165) is 0 Å². The van der Waals surface area contributed by atoms with Gasteiger partial charge in [-0.25, -0.2) is 0 Å². The molecule has 0 aliphatic carbocycles. The number of carbonyl (C=O) groups is 3. The Hall–Kier alpha value is -1.63. The summed E-state index contributed by atoms with van der Waals surface area (Å²) in [7, 11) is 0. The summed E-state index contributed by atoms with van der Waals surface area (Å²) in [5.74, 6) is -2.40. The molecule has 1 heterocycles. The molecule has 0 aromatic heterocycles. The third kappa shape index (κ3) is 3.20. The first-order valence-electron chi connectivity index (χ1n) is 4.85. The summed E-state index contributed by atoms with van der Waals surface area (Å²) >= 11 is 0. The predicted molar refractivity (Wildman–Crippen MR) is 52.9 cm³/mol. The van der Waals surface area contributed by atoms with Crippen molar-refractivity contribution in [3.05, 3.63) is 0 Å². The van der Waals surface area contributed by atoms with Crippen LogP contribution in [0.15, 0.2) is 0 Å². The zero-order chi connectivity index (χ0) is 12.3. The summed E-state index contributed by atoms with van der Waals surface area (Å²) < 4.78 is 0. The van der Waals surface area contributed by atoms with Crippen LogP contribution in [-0.2, 0) is 14.4 Å². The van der Waals surface area contributed by atoms with E-state index in [4.69, 9.17) is 10.2 Å². The number of hydrogen-bond donors (Lipinski definition) is 2. The lowest BCUT2D eigenvalue weighted by atomic mass is 10.2. The van der Waals surface area contributed by atoms with Gasteiger partial charge in [-0.2, -0.15) is 0 Å². The van der Waals surface area contributed by atoms with Crippen molar-refractivity contribution in [2.45, 2.75) is 13.0 Å². The maximum absolute atomic E-state index is 11.6. The zero-order valence-electron chi connectivity index (χ0n) is 8.92. The summed E-state index contributed by atoms with van der Waals surface area (Å²) in [6.45, 7) is 1.52. The lowest BCUT2D eigenvalue weighted by molar-refractivity contribution is -0.151. The van der Waals surface area contributed by atoms with Crippen molar-refractivity contribution in [1.82, 2.24) is 9.80 Å². The molecular formula is C9H14N2O5. The summed E-state index contributed by atoms with van der Waals surface area (Å²) in [4.78, 5) is 35.3. The van der Waals surface area contributed by atoms with Gasteiger partial charge in [0.25, 0.3) is 0 Å². The first-order chi connectivity index (χ1) is 7.40. The van der Waals surface area contributed by atoms with Crippen LogP contribution < -0.4 is 0 Å². The Kier molecular flexibility index (Phi) is 3.83. The van der Waals surface area contributed by atoms with E-state index in [1.807, 2.05) is 0 Å². The van der Waals surface area contributed by atoms with Crippen LogP contribution in [0.3, 0.4) is 0 Å². The van der Waals surface area contributed by atoms with Crippen LogP contribution in [0.25, 0.3) is 0 Å². The maximum atomic E-state index is 11.6. The fraction of sp³-hybridized carbons (Fsp3) is 0.667. The van der Waals surface area contributed by atoms with E-state index < -0.39 is 11.9 Å². The molecule has 0 aromatic carbocycles. The van der Waals surface area contributed by atoms with Gasteiger partial charge in [0.1, 0.15) is 6.54 Å².